The molecule has 10 heteroatoms. The van der Waals surface area contributed by atoms with Crippen LogP contribution in [-0.2, 0) is 10.0 Å². The molecule has 5 rings (SSSR count). The van der Waals surface area contributed by atoms with E-state index in [1.807, 2.05) is 59.6 Å². The molecule has 1 saturated heterocycles. The summed E-state index contributed by atoms with van der Waals surface area (Å²) in [5, 5.41) is 4.01. The largest absolute Gasteiger partial charge is 0.351 e. The standard InChI is InChI=1S/C24H22N6O2S2/c1-34(31,32)28-17-7-9-19(10-8-17)30-23(22(27-24(30)33)20-5-2-3-13-26-20)21-6-4-16-29(21)18-11-14-25-15-12-18/h2-16,22-23,28H,1H3,(H,27,33)/t22-,23+/m1/s1. The van der Waals surface area contributed by atoms with Crippen molar-refractivity contribution in [3.63, 3.8) is 0 Å². The third-order valence-corrected chi connectivity index (χ3v) is 6.49. The number of thiocarbonyl (C=S) groups is 1. The molecule has 0 bridgehead atoms. The monoisotopic (exact) mass is 490 g/mol. The fourth-order valence-corrected chi connectivity index (χ4v) is 5.12. The topological polar surface area (TPSA) is 92.2 Å². The second-order valence-corrected chi connectivity index (χ2v) is 10.1. The zero-order chi connectivity index (χ0) is 23.7. The molecule has 8 nitrogen and oxygen atoms in total. The molecule has 1 fully saturated rings. The molecule has 4 aromatic rings. The Balaban J connectivity index is 1.60. The number of sulfonamides is 1. The SMILES string of the molecule is CS(=O)(=O)Nc1ccc(N2C(=S)N[C@H](c3ccccn3)[C@@H]2c2cccn2-c2ccncc2)cc1. The Morgan fingerprint density at radius 2 is 1.71 bits per heavy atom. The summed E-state index contributed by atoms with van der Waals surface area (Å²) >= 11 is 5.79. The third kappa shape index (κ3) is 4.37. The first-order valence-corrected chi connectivity index (χ1v) is 12.9. The number of nitrogens with one attached hydrogen (secondary N) is 2. The quantitative estimate of drug-likeness (QED) is 0.397. The van der Waals surface area contributed by atoms with Gasteiger partial charge in [-0.15, -0.1) is 0 Å². The molecular formula is C24H22N6O2S2. The van der Waals surface area contributed by atoms with Crippen molar-refractivity contribution in [2.45, 2.75) is 12.1 Å². The molecule has 0 unspecified atom stereocenters. The van der Waals surface area contributed by atoms with E-state index >= 15 is 0 Å². The summed E-state index contributed by atoms with van der Waals surface area (Å²) in [6.07, 6.45) is 8.43. The molecule has 172 valence electrons. The average Bonchev–Trinajstić information content (AvgIpc) is 3.44. The van der Waals surface area contributed by atoms with Gasteiger partial charge in [0.15, 0.2) is 5.11 Å². The molecule has 2 N–H and O–H groups in total. The van der Waals surface area contributed by atoms with Crippen LogP contribution in [0, 0.1) is 0 Å². The van der Waals surface area contributed by atoms with Crippen LogP contribution < -0.4 is 14.9 Å². The molecule has 3 aromatic heterocycles. The first-order valence-electron chi connectivity index (χ1n) is 10.6. The summed E-state index contributed by atoms with van der Waals surface area (Å²) in [6.45, 7) is 0. The van der Waals surface area contributed by atoms with Gasteiger partial charge in [0, 0.05) is 47.5 Å². The average molecular weight is 491 g/mol. The Kier molecular flexibility index (Phi) is 5.76. The normalized spacial score (nSPS) is 18.0. The van der Waals surface area contributed by atoms with Crippen LogP contribution in [0.4, 0.5) is 11.4 Å². The van der Waals surface area contributed by atoms with E-state index in [4.69, 9.17) is 12.2 Å². The van der Waals surface area contributed by atoms with Crippen molar-refractivity contribution < 1.29 is 8.42 Å². The predicted octanol–water partition coefficient (Wildman–Crippen LogP) is 3.82. The van der Waals surface area contributed by atoms with Gasteiger partial charge in [0.05, 0.1) is 18.0 Å². The summed E-state index contributed by atoms with van der Waals surface area (Å²) in [7, 11) is -3.37. The van der Waals surface area contributed by atoms with Crippen molar-refractivity contribution in [1.29, 1.82) is 0 Å². The van der Waals surface area contributed by atoms with Crippen LogP contribution in [-0.4, -0.2) is 34.3 Å². The highest BCUT2D eigenvalue weighted by Gasteiger charge is 2.42. The van der Waals surface area contributed by atoms with Crippen molar-refractivity contribution in [3.8, 4) is 5.69 Å². The maximum absolute atomic E-state index is 11.6. The van der Waals surface area contributed by atoms with Gasteiger partial charge in [-0.05, 0) is 72.9 Å². The van der Waals surface area contributed by atoms with Crippen molar-refractivity contribution in [3.05, 3.63) is 103 Å². The third-order valence-electron chi connectivity index (χ3n) is 5.57. The summed E-state index contributed by atoms with van der Waals surface area (Å²) in [5.41, 5.74) is 4.20. The van der Waals surface area contributed by atoms with E-state index in [-0.39, 0.29) is 12.1 Å². The molecule has 0 radical (unpaired) electrons. The minimum absolute atomic E-state index is 0.196. The second kappa shape index (κ2) is 8.88. The van der Waals surface area contributed by atoms with E-state index < -0.39 is 10.0 Å². The Morgan fingerprint density at radius 1 is 0.941 bits per heavy atom. The van der Waals surface area contributed by atoms with E-state index in [1.165, 1.54) is 0 Å². The number of aromatic nitrogens is 3. The minimum atomic E-state index is -3.37. The lowest BCUT2D eigenvalue weighted by atomic mass is 10.0. The van der Waals surface area contributed by atoms with Gasteiger partial charge < -0.3 is 14.8 Å². The highest BCUT2D eigenvalue weighted by atomic mass is 32.2. The number of pyridine rings is 2. The van der Waals surface area contributed by atoms with Crippen molar-refractivity contribution >= 4 is 38.7 Å². The van der Waals surface area contributed by atoms with Gasteiger partial charge in [0.25, 0.3) is 0 Å². The Morgan fingerprint density at radius 3 is 2.38 bits per heavy atom. The Bertz CT molecular complexity index is 1410. The lowest BCUT2D eigenvalue weighted by Gasteiger charge is -2.29. The summed E-state index contributed by atoms with van der Waals surface area (Å²) < 4.78 is 27.8. The maximum atomic E-state index is 11.6. The first-order chi connectivity index (χ1) is 16.4. The van der Waals surface area contributed by atoms with E-state index in [0.717, 1.165) is 29.0 Å². The van der Waals surface area contributed by atoms with Crippen LogP contribution in [0.15, 0.2) is 91.5 Å². The van der Waals surface area contributed by atoms with E-state index in [1.54, 1.807) is 30.7 Å². The van der Waals surface area contributed by atoms with Gasteiger partial charge in [0.1, 0.15) is 6.04 Å². The van der Waals surface area contributed by atoms with E-state index in [9.17, 15) is 8.42 Å². The van der Waals surface area contributed by atoms with Crippen molar-refractivity contribution in [1.82, 2.24) is 19.9 Å². The Labute approximate surface area is 203 Å². The van der Waals surface area contributed by atoms with Crippen LogP contribution in [0.25, 0.3) is 5.69 Å². The van der Waals surface area contributed by atoms with Crippen molar-refractivity contribution in [2.75, 3.05) is 15.9 Å². The maximum Gasteiger partial charge on any atom is 0.229 e. The summed E-state index contributed by atoms with van der Waals surface area (Å²) in [4.78, 5) is 10.8. The molecule has 1 aliphatic heterocycles. The fourth-order valence-electron chi connectivity index (χ4n) is 4.21. The number of hydrogen-bond acceptors (Lipinski definition) is 5. The molecule has 0 saturated carbocycles. The van der Waals surface area contributed by atoms with Gasteiger partial charge in [-0.25, -0.2) is 8.42 Å². The zero-order valence-corrected chi connectivity index (χ0v) is 19.9. The number of rotatable bonds is 6. The van der Waals surface area contributed by atoms with Crippen LogP contribution in [0.1, 0.15) is 23.5 Å². The van der Waals surface area contributed by atoms with Gasteiger partial charge in [0.2, 0.25) is 10.0 Å². The Hall–Kier alpha value is -3.76. The lowest BCUT2D eigenvalue weighted by Crippen LogP contribution is -2.30. The molecule has 1 aliphatic rings. The number of anilines is 2. The lowest BCUT2D eigenvalue weighted by molar-refractivity contribution is 0.549. The molecule has 1 aromatic carbocycles. The minimum Gasteiger partial charge on any atom is -0.351 e. The number of hydrogen-bond donors (Lipinski definition) is 2. The van der Waals surface area contributed by atoms with Gasteiger partial charge in [-0.3, -0.25) is 14.7 Å². The highest BCUT2D eigenvalue weighted by molar-refractivity contribution is 7.92. The highest BCUT2D eigenvalue weighted by Crippen LogP contribution is 2.42. The van der Waals surface area contributed by atoms with E-state index in [2.05, 4.69) is 30.6 Å². The molecule has 2 atom stereocenters. The van der Waals surface area contributed by atoms with Crippen LogP contribution in [0.2, 0.25) is 0 Å². The van der Waals surface area contributed by atoms with Crippen LogP contribution in [0.3, 0.4) is 0 Å². The van der Waals surface area contributed by atoms with E-state index in [0.29, 0.717) is 10.8 Å². The van der Waals surface area contributed by atoms with Crippen LogP contribution >= 0.6 is 12.2 Å². The molecule has 4 heterocycles. The fraction of sp³-hybridized carbons (Fsp3) is 0.125. The molecule has 0 aliphatic carbocycles. The van der Waals surface area contributed by atoms with Gasteiger partial charge in [-0.1, -0.05) is 6.07 Å². The molecule has 34 heavy (non-hydrogen) atoms. The van der Waals surface area contributed by atoms with Gasteiger partial charge in [-0.2, -0.15) is 0 Å². The van der Waals surface area contributed by atoms with Gasteiger partial charge >= 0.3 is 0 Å². The molecule has 0 amide bonds. The number of nitrogens with zero attached hydrogens (tertiary/aromatic N) is 4. The summed E-state index contributed by atoms with van der Waals surface area (Å²) in [5.74, 6) is 0. The smallest absolute Gasteiger partial charge is 0.229 e. The second-order valence-electron chi connectivity index (χ2n) is 7.93. The summed E-state index contributed by atoms with van der Waals surface area (Å²) in [6, 6.07) is 20.6. The van der Waals surface area contributed by atoms with Crippen molar-refractivity contribution in [2.24, 2.45) is 0 Å². The molecule has 0 spiro atoms. The zero-order valence-electron chi connectivity index (χ0n) is 18.2. The first kappa shape index (κ1) is 22.1. The molecular weight excluding hydrogens is 468 g/mol. The predicted molar refractivity (Wildman–Crippen MR) is 136 cm³/mol. The number of benzene rings is 1. The van der Waals surface area contributed by atoms with Crippen LogP contribution in [0.5, 0.6) is 0 Å².